The van der Waals surface area contributed by atoms with Crippen LogP contribution in [0, 0.1) is 6.92 Å². The van der Waals surface area contributed by atoms with E-state index in [1.54, 1.807) is 30.3 Å². The van der Waals surface area contributed by atoms with Gasteiger partial charge in [0.2, 0.25) is 0 Å². The fourth-order valence-electron chi connectivity index (χ4n) is 2.17. The lowest BCUT2D eigenvalue weighted by atomic mass is 10.1. The molecule has 2 aromatic carbocycles. The summed E-state index contributed by atoms with van der Waals surface area (Å²) in [5.74, 6) is -0.456. The quantitative estimate of drug-likeness (QED) is 0.510. The summed E-state index contributed by atoms with van der Waals surface area (Å²) >= 11 is 1.20. The zero-order chi connectivity index (χ0) is 16.4. The van der Waals surface area contributed by atoms with Crippen molar-refractivity contribution in [2.75, 3.05) is 0 Å². The van der Waals surface area contributed by atoms with E-state index in [0.29, 0.717) is 10.9 Å². The molecule has 0 aliphatic carbocycles. The number of thiophene rings is 1. The molecule has 3 N–H and O–H groups in total. The summed E-state index contributed by atoms with van der Waals surface area (Å²) in [6.07, 6.45) is 1.37. The van der Waals surface area contributed by atoms with Crippen LogP contribution in [0.4, 0.5) is 0 Å². The third-order valence-electron chi connectivity index (χ3n) is 3.33. The van der Waals surface area contributed by atoms with Crippen molar-refractivity contribution in [3.8, 4) is 11.5 Å². The van der Waals surface area contributed by atoms with Crippen molar-refractivity contribution < 1.29 is 15.0 Å². The number of phenols is 1. The molecule has 0 aliphatic heterocycles. The molecule has 5 nitrogen and oxygen atoms in total. The number of hydrogen-bond acceptors (Lipinski definition) is 5. The Hall–Kier alpha value is -2.86. The molecule has 3 rings (SSSR count). The molecule has 1 amide bonds. The standard InChI is InChI=1S/C17H14N2O3S/c1-10-6-7-13(20)11(8-10)9-18-19-17(22)16-15(21)12-4-2-3-5-14(12)23-16/h2-9,20-21H,1H3,(H,19,22)/b18-9+. The van der Waals surface area contributed by atoms with Gasteiger partial charge in [-0.25, -0.2) is 5.43 Å². The molecule has 3 aromatic rings. The van der Waals surface area contributed by atoms with Crippen molar-refractivity contribution in [1.29, 1.82) is 0 Å². The van der Waals surface area contributed by atoms with Crippen molar-refractivity contribution in [3.63, 3.8) is 0 Å². The minimum atomic E-state index is -0.493. The van der Waals surface area contributed by atoms with Crippen molar-refractivity contribution in [2.45, 2.75) is 6.92 Å². The lowest BCUT2D eigenvalue weighted by molar-refractivity contribution is 0.0957. The van der Waals surface area contributed by atoms with E-state index in [9.17, 15) is 15.0 Å². The van der Waals surface area contributed by atoms with Gasteiger partial charge in [-0.05, 0) is 31.2 Å². The van der Waals surface area contributed by atoms with Crippen LogP contribution in [0.25, 0.3) is 10.1 Å². The molecule has 0 radical (unpaired) electrons. The first kappa shape index (κ1) is 15.1. The number of benzene rings is 2. The highest BCUT2D eigenvalue weighted by Gasteiger charge is 2.17. The van der Waals surface area contributed by atoms with Crippen LogP contribution in [0.2, 0.25) is 0 Å². The van der Waals surface area contributed by atoms with Crippen LogP contribution in [-0.2, 0) is 0 Å². The molecule has 0 unspecified atom stereocenters. The zero-order valence-electron chi connectivity index (χ0n) is 12.3. The number of rotatable bonds is 3. The Morgan fingerprint density at radius 3 is 2.78 bits per heavy atom. The minimum absolute atomic E-state index is 0.0447. The normalized spacial score (nSPS) is 11.2. The van der Waals surface area contributed by atoms with E-state index in [4.69, 9.17) is 0 Å². The summed E-state index contributed by atoms with van der Waals surface area (Å²) in [6.45, 7) is 1.89. The monoisotopic (exact) mass is 326 g/mol. The van der Waals surface area contributed by atoms with E-state index in [0.717, 1.165) is 10.3 Å². The number of hydrogen-bond donors (Lipinski definition) is 3. The Bertz CT molecular complexity index is 915. The second-order valence-corrected chi connectivity index (χ2v) is 6.09. The molecule has 1 heterocycles. The molecular weight excluding hydrogens is 312 g/mol. The number of phenolic OH excluding ortho intramolecular Hbond substituents is 1. The third-order valence-corrected chi connectivity index (χ3v) is 4.49. The van der Waals surface area contributed by atoms with Crippen LogP contribution < -0.4 is 5.43 Å². The third kappa shape index (κ3) is 3.02. The lowest BCUT2D eigenvalue weighted by Crippen LogP contribution is -2.16. The summed E-state index contributed by atoms with van der Waals surface area (Å²) in [5, 5.41) is 24.3. The molecule has 0 aliphatic rings. The van der Waals surface area contributed by atoms with Crippen molar-refractivity contribution in [1.82, 2.24) is 5.43 Å². The fourth-order valence-corrected chi connectivity index (χ4v) is 3.16. The highest BCUT2D eigenvalue weighted by Crippen LogP contribution is 2.36. The molecule has 0 saturated heterocycles. The van der Waals surface area contributed by atoms with E-state index in [-0.39, 0.29) is 16.4 Å². The summed E-state index contributed by atoms with van der Waals surface area (Å²) in [4.78, 5) is 12.3. The smallest absolute Gasteiger partial charge is 0.285 e. The number of amides is 1. The van der Waals surface area contributed by atoms with Gasteiger partial charge in [-0.3, -0.25) is 4.79 Å². The van der Waals surface area contributed by atoms with Crippen LogP contribution in [0.5, 0.6) is 11.5 Å². The zero-order valence-corrected chi connectivity index (χ0v) is 13.1. The van der Waals surface area contributed by atoms with E-state index >= 15 is 0 Å². The van der Waals surface area contributed by atoms with Gasteiger partial charge in [0.05, 0.1) is 6.21 Å². The van der Waals surface area contributed by atoms with E-state index < -0.39 is 5.91 Å². The molecule has 0 fully saturated rings. The molecule has 6 heteroatoms. The molecule has 0 atom stereocenters. The van der Waals surface area contributed by atoms with Gasteiger partial charge in [0.15, 0.2) is 0 Å². The van der Waals surface area contributed by atoms with Crippen LogP contribution in [0.15, 0.2) is 47.6 Å². The van der Waals surface area contributed by atoms with Crippen LogP contribution >= 0.6 is 11.3 Å². The van der Waals surface area contributed by atoms with Crippen LogP contribution in [0.1, 0.15) is 20.8 Å². The molecule has 116 valence electrons. The highest BCUT2D eigenvalue weighted by atomic mass is 32.1. The first-order chi connectivity index (χ1) is 11.1. The summed E-state index contributed by atoms with van der Waals surface area (Å²) in [7, 11) is 0. The van der Waals surface area contributed by atoms with Gasteiger partial charge >= 0.3 is 0 Å². The van der Waals surface area contributed by atoms with Gasteiger partial charge in [0, 0.05) is 15.6 Å². The Labute approximate surface area is 136 Å². The molecule has 0 spiro atoms. The Morgan fingerprint density at radius 2 is 2.00 bits per heavy atom. The maximum absolute atomic E-state index is 12.1. The summed E-state index contributed by atoms with van der Waals surface area (Å²) in [6, 6.07) is 12.3. The number of carbonyl (C=O) groups excluding carboxylic acids is 1. The first-order valence-corrected chi connectivity index (χ1v) is 7.71. The number of fused-ring (bicyclic) bond motifs is 1. The first-order valence-electron chi connectivity index (χ1n) is 6.90. The largest absolute Gasteiger partial charge is 0.507 e. The van der Waals surface area contributed by atoms with Gasteiger partial charge in [-0.1, -0.05) is 23.8 Å². The summed E-state index contributed by atoms with van der Waals surface area (Å²) < 4.78 is 0.829. The number of nitrogens with one attached hydrogen (secondary N) is 1. The number of nitrogens with zero attached hydrogens (tertiary/aromatic N) is 1. The predicted molar refractivity (Wildman–Crippen MR) is 91.4 cm³/mol. The lowest BCUT2D eigenvalue weighted by Gasteiger charge is -2.00. The number of carbonyl (C=O) groups is 1. The average molecular weight is 326 g/mol. The molecule has 23 heavy (non-hydrogen) atoms. The van der Waals surface area contributed by atoms with Crippen LogP contribution in [0.3, 0.4) is 0 Å². The SMILES string of the molecule is Cc1ccc(O)c(/C=N/NC(=O)c2sc3ccccc3c2O)c1. The average Bonchev–Trinajstić information content (AvgIpc) is 2.88. The second kappa shape index (κ2) is 6.10. The maximum Gasteiger partial charge on any atom is 0.285 e. The topological polar surface area (TPSA) is 81.9 Å². The number of aryl methyl sites for hydroxylation is 1. The van der Waals surface area contributed by atoms with Crippen molar-refractivity contribution >= 4 is 33.5 Å². The Kier molecular flexibility index (Phi) is 3.99. The Morgan fingerprint density at radius 1 is 1.22 bits per heavy atom. The van der Waals surface area contributed by atoms with E-state index in [1.165, 1.54) is 17.6 Å². The number of hydrazone groups is 1. The number of aromatic hydroxyl groups is 2. The van der Waals surface area contributed by atoms with Crippen molar-refractivity contribution in [2.24, 2.45) is 5.10 Å². The second-order valence-electron chi connectivity index (χ2n) is 5.04. The van der Waals surface area contributed by atoms with E-state index in [2.05, 4.69) is 10.5 Å². The Balaban J connectivity index is 1.80. The van der Waals surface area contributed by atoms with Gasteiger partial charge < -0.3 is 10.2 Å². The molecule has 0 saturated carbocycles. The van der Waals surface area contributed by atoms with Crippen LogP contribution in [-0.4, -0.2) is 22.3 Å². The van der Waals surface area contributed by atoms with E-state index in [1.807, 2.05) is 19.1 Å². The maximum atomic E-state index is 12.1. The molecular formula is C17H14N2O3S. The predicted octanol–water partition coefficient (Wildman–Crippen LogP) is 3.38. The van der Waals surface area contributed by atoms with Gasteiger partial charge in [-0.15, -0.1) is 11.3 Å². The summed E-state index contributed by atoms with van der Waals surface area (Å²) in [5.41, 5.74) is 3.84. The fraction of sp³-hybridized carbons (Fsp3) is 0.0588. The highest BCUT2D eigenvalue weighted by molar-refractivity contribution is 7.21. The minimum Gasteiger partial charge on any atom is -0.507 e. The van der Waals surface area contributed by atoms with Gasteiger partial charge in [-0.2, -0.15) is 5.10 Å². The van der Waals surface area contributed by atoms with Gasteiger partial charge in [0.1, 0.15) is 16.4 Å². The van der Waals surface area contributed by atoms with Crippen molar-refractivity contribution in [3.05, 3.63) is 58.5 Å². The van der Waals surface area contributed by atoms with Gasteiger partial charge in [0.25, 0.3) is 5.91 Å². The molecule has 0 bridgehead atoms. The molecule has 1 aromatic heterocycles.